The van der Waals surface area contributed by atoms with Gasteiger partial charge in [0.05, 0.1) is 0 Å². The Hall–Kier alpha value is 0.750. The van der Waals surface area contributed by atoms with Crippen LogP contribution >= 0.6 is 0 Å². The Bertz CT molecular complexity index is 89.6. The predicted molar refractivity (Wildman–Crippen MR) is 49.3 cm³/mol. The molecule has 0 N–H and O–H groups in total. The molecule has 1 aliphatic rings. The Morgan fingerprint density at radius 3 is 3.09 bits per heavy atom. The Kier molecular flexibility index (Phi) is 5.62. The molecule has 0 bridgehead atoms. The third kappa shape index (κ3) is 4.35. The first-order chi connectivity index (χ1) is 5.43. The summed E-state index contributed by atoms with van der Waals surface area (Å²) in [4.78, 5) is 0. The van der Waals surface area contributed by atoms with Gasteiger partial charge in [0.15, 0.2) is 0 Å². The van der Waals surface area contributed by atoms with Crippen molar-refractivity contribution in [2.24, 2.45) is 0 Å². The minimum absolute atomic E-state index is 0.318. The molecule has 2 heteroatoms. The van der Waals surface area contributed by atoms with Crippen LogP contribution < -0.4 is 0 Å². The van der Waals surface area contributed by atoms with Crippen molar-refractivity contribution in [3.8, 4) is 0 Å². The average Bonchev–Trinajstić information content (AvgIpc) is 2.50. The van der Waals surface area contributed by atoms with E-state index in [-0.39, 0.29) is 0 Å². The monoisotopic (exact) mass is 272 g/mol. The van der Waals surface area contributed by atoms with Crippen molar-refractivity contribution in [2.75, 3.05) is 6.61 Å². The van der Waals surface area contributed by atoms with Crippen LogP contribution in [-0.4, -0.2) is 33.6 Å². The first kappa shape index (κ1) is 9.83. The van der Waals surface area contributed by atoms with E-state index in [0.29, 0.717) is 27.0 Å². The van der Waals surface area contributed by atoms with Crippen molar-refractivity contribution >= 4 is 20.9 Å². The van der Waals surface area contributed by atoms with E-state index in [9.17, 15) is 0 Å². The predicted octanol–water partition coefficient (Wildman–Crippen LogP) is 2.51. The first-order valence-electron chi connectivity index (χ1n) is 4.63. The quantitative estimate of drug-likeness (QED) is 0.551. The third-order valence-corrected chi connectivity index (χ3v) is 5.35. The molecular weight excluding hydrogens is 252 g/mol. The van der Waals surface area contributed by atoms with Crippen LogP contribution in [0.25, 0.3) is 0 Å². The molecule has 0 radical (unpaired) electrons. The molecule has 0 aromatic carbocycles. The summed E-state index contributed by atoms with van der Waals surface area (Å²) in [5.74, 6) is 0. The average molecular weight is 270 g/mol. The maximum atomic E-state index is 5.57. The Labute approximate surface area is 80.0 Å². The molecule has 0 aromatic rings. The van der Waals surface area contributed by atoms with E-state index >= 15 is 0 Å². The summed E-state index contributed by atoms with van der Waals surface area (Å²) in [6.07, 6.45) is 6.15. The van der Waals surface area contributed by atoms with E-state index in [4.69, 9.17) is 4.74 Å². The van der Waals surface area contributed by atoms with E-state index < -0.39 is 0 Å². The van der Waals surface area contributed by atoms with Crippen LogP contribution in [0.5, 0.6) is 0 Å². The topological polar surface area (TPSA) is 9.23 Å². The normalized spacial score (nSPS) is 24.3. The summed E-state index contributed by atoms with van der Waals surface area (Å²) >= 11 is 0.318. The number of rotatable bonds is 5. The molecule has 1 rings (SSSR count). The van der Waals surface area contributed by atoms with Gasteiger partial charge in [0.2, 0.25) is 0 Å². The van der Waals surface area contributed by atoms with Gasteiger partial charge >= 0.3 is 79.9 Å². The molecule has 1 fully saturated rings. The van der Waals surface area contributed by atoms with Crippen LogP contribution in [0.3, 0.4) is 0 Å². The summed E-state index contributed by atoms with van der Waals surface area (Å²) in [5.41, 5.74) is 0. The van der Waals surface area contributed by atoms with E-state index in [1.54, 1.807) is 0 Å². The second kappa shape index (κ2) is 6.29. The summed E-state index contributed by atoms with van der Waals surface area (Å²) in [6.45, 7) is 3.31. The van der Waals surface area contributed by atoms with Gasteiger partial charge in [0, 0.05) is 0 Å². The van der Waals surface area contributed by atoms with Gasteiger partial charge in [-0.3, -0.25) is 0 Å². The van der Waals surface area contributed by atoms with Crippen LogP contribution in [-0.2, 0) is 4.74 Å². The van der Waals surface area contributed by atoms with Crippen LogP contribution in [0.15, 0.2) is 0 Å². The molecule has 11 heavy (non-hydrogen) atoms. The van der Waals surface area contributed by atoms with Crippen LogP contribution in [0.4, 0.5) is 0 Å². The van der Waals surface area contributed by atoms with Crippen LogP contribution in [0.1, 0.15) is 32.6 Å². The van der Waals surface area contributed by atoms with Crippen molar-refractivity contribution in [1.29, 1.82) is 0 Å². The second-order valence-electron chi connectivity index (χ2n) is 3.06. The summed E-state index contributed by atoms with van der Waals surface area (Å²) in [5, 5.41) is 0. The number of hydrogen-bond donors (Lipinski definition) is 0. The van der Waals surface area contributed by atoms with Crippen molar-refractivity contribution in [3.05, 3.63) is 0 Å². The summed E-state index contributed by atoms with van der Waals surface area (Å²) in [7, 11) is 0. The molecule has 1 heterocycles. The number of unbranched alkanes of at least 4 members (excludes halogenated alkanes) is 1. The van der Waals surface area contributed by atoms with Gasteiger partial charge in [-0.2, -0.15) is 0 Å². The SMILES string of the molecule is CCCC[Te]CC1CCCO1. The fourth-order valence-corrected chi connectivity index (χ4v) is 4.62. The molecule has 0 amide bonds. The second-order valence-corrected chi connectivity index (χ2v) is 6.35. The molecule has 1 saturated heterocycles. The van der Waals surface area contributed by atoms with E-state index in [1.807, 2.05) is 0 Å². The van der Waals surface area contributed by atoms with Crippen molar-refractivity contribution < 1.29 is 4.74 Å². The zero-order chi connectivity index (χ0) is 7.94. The Morgan fingerprint density at radius 1 is 1.55 bits per heavy atom. The number of hydrogen-bond acceptors (Lipinski definition) is 1. The van der Waals surface area contributed by atoms with Gasteiger partial charge in [-0.05, 0) is 0 Å². The van der Waals surface area contributed by atoms with Crippen molar-refractivity contribution in [3.63, 3.8) is 0 Å². The zero-order valence-corrected chi connectivity index (χ0v) is 9.67. The van der Waals surface area contributed by atoms with E-state index in [2.05, 4.69) is 6.92 Å². The summed E-state index contributed by atoms with van der Waals surface area (Å²) in [6, 6.07) is 0. The molecule has 66 valence electrons. The van der Waals surface area contributed by atoms with Crippen molar-refractivity contribution in [2.45, 2.75) is 47.6 Å². The van der Waals surface area contributed by atoms with Crippen LogP contribution in [0.2, 0.25) is 8.94 Å². The van der Waals surface area contributed by atoms with Gasteiger partial charge in [-0.25, -0.2) is 0 Å². The standard InChI is InChI=1S/C9H18OTe/c1-2-3-7-11-8-9-5-4-6-10-9/h9H,2-8H2,1H3. The molecule has 0 aromatic heterocycles. The molecular formula is C9H18OTe. The van der Waals surface area contributed by atoms with Gasteiger partial charge in [-0.1, -0.05) is 0 Å². The maximum absolute atomic E-state index is 5.57. The molecule has 1 atom stereocenters. The van der Waals surface area contributed by atoms with Gasteiger partial charge in [0.25, 0.3) is 0 Å². The van der Waals surface area contributed by atoms with Crippen LogP contribution in [0, 0.1) is 0 Å². The molecule has 0 spiro atoms. The first-order valence-corrected chi connectivity index (χ1v) is 7.92. The van der Waals surface area contributed by atoms with E-state index in [0.717, 1.165) is 6.61 Å². The third-order valence-electron chi connectivity index (χ3n) is 1.97. The summed E-state index contributed by atoms with van der Waals surface area (Å²) < 4.78 is 8.53. The fraction of sp³-hybridized carbons (Fsp3) is 1.00. The van der Waals surface area contributed by atoms with E-state index in [1.165, 1.54) is 34.6 Å². The van der Waals surface area contributed by atoms with Crippen molar-refractivity contribution in [1.82, 2.24) is 0 Å². The minimum atomic E-state index is 0.318. The van der Waals surface area contributed by atoms with Gasteiger partial charge in [-0.15, -0.1) is 0 Å². The molecule has 1 aliphatic heterocycles. The van der Waals surface area contributed by atoms with Gasteiger partial charge < -0.3 is 0 Å². The Morgan fingerprint density at radius 2 is 2.45 bits per heavy atom. The number of ether oxygens (including phenoxy) is 1. The zero-order valence-electron chi connectivity index (χ0n) is 7.34. The van der Waals surface area contributed by atoms with Gasteiger partial charge in [0.1, 0.15) is 0 Å². The molecule has 0 saturated carbocycles. The molecule has 1 nitrogen and oxygen atoms in total. The molecule has 1 unspecified atom stereocenters. The molecule has 0 aliphatic carbocycles. The Balaban J connectivity index is 1.86. The fourth-order valence-electron chi connectivity index (χ4n) is 1.24.